The summed E-state index contributed by atoms with van der Waals surface area (Å²) in [7, 11) is 2.94. The number of benzene rings is 3. The van der Waals surface area contributed by atoms with Crippen molar-refractivity contribution < 1.29 is 14.6 Å². The van der Waals surface area contributed by atoms with Gasteiger partial charge in [-0.25, -0.2) is 0 Å². The Morgan fingerprint density at radius 3 is 2.27 bits per heavy atom. The lowest BCUT2D eigenvalue weighted by Crippen LogP contribution is -2.24. The van der Waals surface area contributed by atoms with E-state index in [2.05, 4.69) is 10.2 Å². The van der Waals surface area contributed by atoms with E-state index in [1.54, 1.807) is 22.8 Å². The van der Waals surface area contributed by atoms with Crippen molar-refractivity contribution in [3.63, 3.8) is 0 Å². The fourth-order valence-electron chi connectivity index (χ4n) is 4.06. The van der Waals surface area contributed by atoms with Gasteiger partial charge in [0.05, 0.1) is 25.1 Å². The summed E-state index contributed by atoms with van der Waals surface area (Å²) in [5, 5.41) is 19.7. The Hall–Kier alpha value is -4.33. The molecule has 8 nitrogen and oxygen atoms in total. The molecular weight excluding hydrogens is 420 g/mol. The van der Waals surface area contributed by atoms with Gasteiger partial charge in [0.25, 0.3) is 5.56 Å². The molecule has 0 saturated carbocycles. The number of nitrogens with zero attached hydrogens (tertiary/aromatic N) is 4. The van der Waals surface area contributed by atoms with Crippen molar-refractivity contribution in [3.05, 3.63) is 82.6 Å². The summed E-state index contributed by atoms with van der Waals surface area (Å²) in [6.45, 7) is 0.456. The van der Waals surface area contributed by atoms with Crippen molar-refractivity contribution in [3.8, 4) is 28.6 Å². The van der Waals surface area contributed by atoms with Crippen LogP contribution in [0, 0.1) is 0 Å². The molecule has 0 radical (unpaired) electrons. The first kappa shape index (κ1) is 20.6. The standard InChI is InChI=1S/C25H22N4O4/c1-32-20-14-17(15-21(33-2)22(20)30)23-26-27-25-28(13-12-16-8-4-3-5-9-16)24(31)18-10-6-7-11-19(18)29(23)25/h3-11,14-15,30H,12-13H2,1-2H3. The largest absolute Gasteiger partial charge is 0.502 e. The quantitative estimate of drug-likeness (QED) is 0.431. The third-order valence-electron chi connectivity index (χ3n) is 5.71. The first-order valence-corrected chi connectivity index (χ1v) is 10.5. The summed E-state index contributed by atoms with van der Waals surface area (Å²) in [6.07, 6.45) is 0.678. The third-order valence-corrected chi connectivity index (χ3v) is 5.71. The number of rotatable bonds is 6. The zero-order valence-corrected chi connectivity index (χ0v) is 18.2. The van der Waals surface area contributed by atoms with Crippen LogP contribution in [-0.4, -0.2) is 38.5 Å². The summed E-state index contributed by atoms with van der Waals surface area (Å²) in [5.41, 5.74) is 2.34. The minimum absolute atomic E-state index is 0.0952. The van der Waals surface area contributed by atoms with Crippen LogP contribution in [0.15, 0.2) is 71.5 Å². The van der Waals surface area contributed by atoms with E-state index in [0.29, 0.717) is 41.0 Å². The Morgan fingerprint density at radius 2 is 1.58 bits per heavy atom. The van der Waals surface area contributed by atoms with E-state index in [1.807, 2.05) is 52.9 Å². The number of phenols is 1. The maximum absolute atomic E-state index is 13.4. The topological polar surface area (TPSA) is 90.9 Å². The zero-order chi connectivity index (χ0) is 22.9. The summed E-state index contributed by atoms with van der Waals surface area (Å²) < 4.78 is 14.1. The molecule has 0 spiro atoms. The fraction of sp³-hybridized carbons (Fsp3) is 0.160. The molecule has 0 bridgehead atoms. The molecule has 0 fully saturated rings. The first-order chi connectivity index (χ1) is 16.1. The Morgan fingerprint density at radius 1 is 0.909 bits per heavy atom. The minimum atomic E-state index is -0.117. The molecular formula is C25H22N4O4. The van der Waals surface area contributed by atoms with Gasteiger partial charge in [0.1, 0.15) is 0 Å². The van der Waals surface area contributed by atoms with Crippen LogP contribution in [0.3, 0.4) is 0 Å². The Kier molecular flexibility index (Phi) is 5.18. The Balaban J connectivity index is 1.75. The van der Waals surface area contributed by atoms with Crippen LogP contribution in [0.5, 0.6) is 17.2 Å². The van der Waals surface area contributed by atoms with Gasteiger partial charge in [-0.05, 0) is 36.2 Å². The van der Waals surface area contributed by atoms with E-state index in [0.717, 1.165) is 5.56 Å². The second kappa shape index (κ2) is 8.31. The molecule has 5 rings (SSSR count). The lowest BCUT2D eigenvalue weighted by molar-refractivity contribution is 0.340. The number of phenolic OH excluding ortho intramolecular Hbond substituents is 1. The van der Waals surface area contributed by atoms with Crippen molar-refractivity contribution in [1.82, 2.24) is 19.2 Å². The van der Waals surface area contributed by atoms with Crippen LogP contribution in [-0.2, 0) is 13.0 Å². The van der Waals surface area contributed by atoms with E-state index >= 15 is 0 Å². The normalized spacial score (nSPS) is 11.2. The summed E-state index contributed by atoms with van der Waals surface area (Å²) in [6, 6.07) is 20.7. The average molecular weight is 442 g/mol. The maximum atomic E-state index is 13.4. The molecule has 0 aliphatic heterocycles. The van der Waals surface area contributed by atoms with E-state index in [9.17, 15) is 9.90 Å². The number of hydrogen-bond donors (Lipinski definition) is 1. The van der Waals surface area contributed by atoms with Gasteiger partial charge >= 0.3 is 0 Å². The number of aryl methyl sites for hydroxylation is 2. The summed E-state index contributed by atoms with van der Waals surface area (Å²) in [4.78, 5) is 13.4. The highest BCUT2D eigenvalue weighted by molar-refractivity contribution is 5.82. The minimum Gasteiger partial charge on any atom is -0.502 e. The third kappa shape index (κ3) is 3.45. The van der Waals surface area contributed by atoms with Crippen molar-refractivity contribution in [2.75, 3.05) is 14.2 Å². The number of hydrogen-bond acceptors (Lipinski definition) is 6. The van der Waals surface area contributed by atoms with Crippen LogP contribution in [0.2, 0.25) is 0 Å². The summed E-state index contributed by atoms with van der Waals surface area (Å²) >= 11 is 0. The number of methoxy groups -OCH3 is 2. The number of aromatic nitrogens is 4. The van der Waals surface area contributed by atoms with Crippen LogP contribution < -0.4 is 15.0 Å². The van der Waals surface area contributed by atoms with Gasteiger partial charge in [-0.15, -0.1) is 10.2 Å². The predicted molar refractivity (Wildman–Crippen MR) is 125 cm³/mol. The molecule has 0 amide bonds. The molecule has 5 aromatic rings. The van der Waals surface area contributed by atoms with E-state index < -0.39 is 0 Å². The van der Waals surface area contributed by atoms with Crippen LogP contribution in [0.4, 0.5) is 0 Å². The first-order valence-electron chi connectivity index (χ1n) is 10.5. The Bertz CT molecular complexity index is 1500. The monoisotopic (exact) mass is 442 g/mol. The van der Waals surface area contributed by atoms with E-state index in [4.69, 9.17) is 9.47 Å². The molecule has 1 N–H and O–H groups in total. The number of ether oxygens (including phenoxy) is 2. The van der Waals surface area contributed by atoms with Gasteiger partial charge in [-0.1, -0.05) is 42.5 Å². The second-order valence-corrected chi connectivity index (χ2v) is 7.60. The molecule has 33 heavy (non-hydrogen) atoms. The number of para-hydroxylation sites is 1. The van der Waals surface area contributed by atoms with Crippen molar-refractivity contribution >= 4 is 16.7 Å². The molecule has 3 aromatic carbocycles. The van der Waals surface area contributed by atoms with E-state index in [1.165, 1.54) is 14.2 Å². The Labute approximate surface area is 189 Å². The molecule has 166 valence electrons. The maximum Gasteiger partial charge on any atom is 0.262 e. The molecule has 2 aromatic heterocycles. The molecule has 8 heteroatoms. The van der Waals surface area contributed by atoms with Crippen molar-refractivity contribution in [2.45, 2.75) is 13.0 Å². The lowest BCUT2D eigenvalue weighted by atomic mass is 10.1. The highest BCUT2D eigenvalue weighted by atomic mass is 16.5. The van der Waals surface area contributed by atoms with Crippen molar-refractivity contribution in [2.24, 2.45) is 0 Å². The lowest BCUT2D eigenvalue weighted by Gasteiger charge is -2.13. The molecule has 0 atom stereocenters. The average Bonchev–Trinajstić information content (AvgIpc) is 3.30. The van der Waals surface area contributed by atoms with Crippen LogP contribution >= 0.6 is 0 Å². The molecule has 0 aliphatic carbocycles. The number of fused-ring (bicyclic) bond motifs is 3. The van der Waals surface area contributed by atoms with Gasteiger partial charge < -0.3 is 14.6 Å². The van der Waals surface area contributed by atoms with E-state index in [-0.39, 0.29) is 22.8 Å². The summed E-state index contributed by atoms with van der Waals surface area (Å²) in [5.74, 6) is 1.36. The number of aromatic hydroxyl groups is 1. The van der Waals surface area contributed by atoms with Crippen molar-refractivity contribution in [1.29, 1.82) is 0 Å². The molecule has 0 unspecified atom stereocenters. The van der Waals surface area contributed by atoms with Gasteiger partial charge in [0.15, 0.2) is 17.3 Å². The molecule has 2 heterocycles. The SMILES string of the molecule is COc1cc(-c2nnc3n(CCc4ccccc4)c(=O)c4ccccc4n23)cc(OC)c1O. The predicted octanol–water partition coefficient (Wildman–Crippen LogP) is 3.68. The fourth-order valence-corrected chi connectivity index (χ4v) is 4.06. The van der Waals surface area contributed by atoms with Gasteiger partial charge in [0.2, 0.25) is 11.5 Å². The second-order valence-electron chi connectivity index (χ2n) is 7.60. The van der Waals surface area contributed by atoms with Crippen LogP contribution in [0.25, 0.3) is 28.1 Å². The highest BCUT2D eigenvalue weighted by Gasteiger charge is 2.20. The smallest absolute Gasteiger partial charge is 0.262 e. The van der Waals surface area contributed by atoms with Gasteiger partial charge in [0, 0.05) is 12.1 Å². The highest BCUT2D eigenvalue weighted by Crippen LogP contribution is 2.40. The van der Waals surface area contributed by atoms with Gasteiger partial charge in [-0.3, -0.25) is 13.8 Å². The van der Waals surface area contributed by atoms with Gasteiger partial charge in [-0.2, -0.15) is 0 Å². The molecule has 0 aliphatic rings. The molecule has 0 saturated heterocycles. The zero-order valence-electron chi connectivity index (χ0n) is 18.2. The van der Waals surface area contributed by atoms with Crippen LogP contribution in [0.1, 0.15) is 5.56 Å².